The summed E-state index contributed by atoms with van der Waals surface area (Å²) in [4.78, 5) is 28.4. The van der Waals surface area contributed by atoms with Crippen molar-refractivity contribution in [2.24, 2.45) is 0 Å². The first-order chi connectivity index (χ1) is 15.6. The lowest BCUT2D eigenvalue weighted by molar-refractivity contribution is 0.0955. The molecule has 1 fully saturated rings. The van der Waals surface area contributed by atoms with E-state index in [-0.39, 0.29) is 11.7 Å². The lowest BCUT2D eigenvalue weighted by Crippen LogP contribution is -2.29. The van der Waals surface area contributed by atoms with E-state index in [2.05, 4.69) is 6.92 Å². The standard InChI is InChI=1S/C25H23N5O2/c1-15-9-11-17(12-10-15)30-23-21(22-24(30)28-20-8-4-3-7-19(20)27-22)25(31)29(16(2)26-23)14-18-6-5-13-32-18/h3-4,7-12,18H,5-6,13-14H2,1-2H3/t18-/m0/s1. The van der Waals surface area contributed by atoms with Crippen LogP contribution in [0.4, 0.5) is 0 Å². The Morgan fingerprint density at radius 1 is 0.969 bits per heavy atom. The summed E-state index contributed by atoms with van der Waals surface area (Å²) in [5, 5.41) is 0.502. The molecule has 0 aliphatic carbocycles. The smallest absolute Gasteiger partial charge is 0.265 e. The van der Waals surface area contributed by atoms with E-state index in [9.17, 15) is 4.79 Å². The summed E-state index contributed by atoms with van der Waals surface area (Å²) in [6.07, 6.45) is 2.03. The Balaban J connectivity index is 1.71. The highest BCUT2D eigenvalue weighted by atomic mass is 16.5. The Labute approximate surface area is 184 Å². The highest BCUT2D eigenvalue weighted by Gasteiger charge is 2.24. The first-order valence-electron chi connectivity index (χ1n) is 11.0. The fourth-order valence-electron chi connectivity index (χ4n) is 4.58. The predicted octanol–water partition coefficient (Wildman–Crippen LogP) is 4.08. The molecular formula is C25H23N5O2. The molecule has 0 amide bonds. The molecule has 4 heterocycles. The van der Waals surface area contributed by atoms with Gasteiger partial charge in [-0.3, -0.25) is 13.9 Å². The molecule has 1 aliphatic heterocycles. The Kier molecular flexibility index (Phi) is 4.33. The molecule has 160 valence electrons. The number of fused-ring (bicyclic) bond motifs is 4. The van der Waals surface area contributed by atoms with E-state index in [1.54, 1.807) is 4.57 Å². The predicted molar refractivity (Wildman–Crippen MR) is 124 cm³/mol. The molecule has 7 heteroatoms. The minimum absolute atomic E-state index is 0.0445. The first-order valence-corrected chi connectivity index (χ1v) is 11.0. The van der Waals surface area contributed by atoms with Gasteiger partial charge in [-0.25, -0.2) is 15.0 Å². The van der Waals surface area contributed by atoms with E-state index in [0.29, 0.717) is 34.6 Å². The zero-order valence-electron chi connectivity index (χ0n) is 18.1. The van der Waals surface area contributed by atoms with Crippen molar-refractivity contribution in [2.45, 2.75) is 39.3 Å². The summed E-state index contributed by atoms with van der Waals surface area (Å²) < 4.78 is 9.47. The molecule has 3 aromatic heterocycles. The van der Waals surface area contributed by atoms with Crippen LogP contribution >= 0.6 is 0 Å². The quantitative estimate of drug-likeness (QED) is 0.435. The van der Waals surface area contributed by atoms with Crippen LogP contribution in [0.2, 0.25) is 0 Å². The lowest BCUT2D eigenvalue weighted by Gasteiger charge is -2.14. The molecule has 0 spiro atoms. The van der Waals surface area contributed by atoms with Crippen molar-refractivity contribution in [3.8, 4) is 5.69 Å². The minimum atomic E-state index is -0.0940. The van der Waals surface area contributed by atoms with Gasteiger partial charge in [-0.1, -0.05) is 29.8 Å². The number of benzene rings is 2. The molecule has 0 saturated carbocycles. The molecular weight excluding hydrogens is 402 g/mol. The third-order valence-corrected chi connectivity index (χ3v) is 6.26. The second-order valence-electron chi connectivity index (χ2n) is 8.46. The number of hydrogen-bond acceptors (Lipinski definition) is 5. The zero-order valence-corrected chi connectivity index (χ0v) is 18.1. The van der Waals surface area contributed by atoms with Gasteiger partial charge in [-0.2, -0.15) is 0 Å². The highest BCUT2D eigenvalue weighted by molar-refractivity contribution is 6.05. The van der Waals surface area contributed by atoms with E-state index >= 15 is 0 Å². The number of para-hydroxylation sites is 2. The van der Waals surface area contributed by atoms with Gasteiger partial charge < -0.3 is 4.74 Å². The number of aromatic nitrogens is 5. The Morgan fingerprint density at radius 3 is 2.44 bits per heavy atom. The molecule has 2 aromatic carbocycles. The molecule has 32 heavy (non-hydrogen) atoms. The molecule has 1 aliphatic rings. The van der Waals surface area contributed by atoms with E-state index in [4.69, 9.17) is 19.7 Å². The van der Waals surface area contributed by atoms with Crippen molar-refractivity contribution in [3.63, 3.8) is 0 Å². The number of rotatable bonds is 3. The Bertz CT molecular complexity index is 1540. The molecule has 0 radical (unpaired) electrons. The maximum Gasteiger partial charge on any atom is 0.265 e. The minimum Gasteiger partial charge on any atom is -0.376 e. The summed E-state index contributed by atoms with van der Waals surface area (Å²) in [7, 11) is 0. The van der Waals surface area contributed by atoms with Crippen LogP contribution in [0, 0.1) is 13.8 Å². The zero-order chi connectivity index (χ0) is 21.8. The summed E-state index contributed by atoms with van der Waals surface area (Å²) in [6.45, 7) is 5.18. The Morgan fingerprint density at radius 2 is 1.72 bits per heavy atom. The SMILES string of the molecule is Cc1ccc(-n2c3nc4ccccc4nc3c3c(=O)n(C[C@@H]4CCCO4)c(C)nc32)cc1. The number of ether oxygens (including phenoxy) is 1. The molecule has 0 bridgehead atoms. The molecule has 0 N–H and O–H groups in total. The number of aryl methyl sites for hydroxylation is 2. The van der Waals surface area contributed by atoms with Crippen LogP contribution in [0.25, 0.3) is 38.9 Å². The molecule has 0 unspecified atom stereocenters. The second kappa shape index (κ2) is 7.24. The first kappa shape index (κ1) is 19.1. The molecule has 1 saturated heterocycles. The van der Waals surface area contributed by atoms with E-state index in [1.807, 2.05) is 60.0 Å². The third-order valence-electron chi connectivity index (χ3n) is 6.26. The average Bonchev–Trinajstić information content (AvgIpc) is 3.41. The van der Waals surface area contributed by atoms with Crippen LogP contribution in [0.5, 0.6) is 0 Å². The topological polar surface area (TPSA) is 74.8 Å². The van der Waals surface area contributed by atoms with Crippen molar-refractivity contribution >= 4 is 33.2 Å². The fraction of sp³-hybridized carbons (Fsp3) is 0.280. The second-order valence-corrected chi connectivity index (χ2v) is 8.46. The van der Waals surface area contributed by atoms with Crippen LogP contribution in [-0.2, 0) is 11.3 Å². The monoisotopic (exact) mass is 425 g/mol. The van der Waals surface area contributed by atoms with Gasteiger partial charge in [-0.05, 0) is 51.0 Å². The van der Waals surface area contributed by atoms with Gasteiger partial charge in [0.1, 0.15) is 16.7 Å². The maximum atomic E-state index is 13.8. The number of hydrogen-bond donors (Lipinski definition) is 0. The van der Waals surface area contributed by atoms with Crippen LogP contribution in [0.1, 0.15) is 24.2 Å². The summed E-state index contributed by atoms with van der Waals surface area (Å²) in [5.74, 6) is 0.665. The van der Waals surface area contributed by atoms with Gasteiger partial charge >= 0.3 is 0 Å². The Hall–Kier alpha value is -3.58. The van der Waals surface area contributed by atoms with Gasteiger partial charge in [-0.15, -0.1) is 0 Å². The lowest BCUT2D eigenvalue weighted by atomic mass is 10.2. The van der Waals surface area contributed by atoms with Crippen LogP contribution < -0.4 is 5.56 Å². The van der Waals surface area contributed by atoms with Gasteiger partial charge in [0, 0.05) is 12.3 Å². The van der Waals surface area contributed by atoms with E-state index in [0.717, 1.165) is 41.7 Å². The molecule has 6 rings (SSSR count). The van der Waals surface area contributed by atoms with Crippen molar-refractivity contribution in [3.05, 3.63) is 70.3 Å². The van der Waals surface area contributed by atoms with Crippen molar-refractivity contribution in [1.82, 2.24) is 24.1 Å². The fourth-order valence-corrected chi connectivity index (χ4v) is 4.58. The maximum absolute atomic E-state index is 13.8. The van der Waals surface area contributed by atoms with Gasteiger partial charge in [0.15, 0.2) is 11.3 Å². The molecule has 5 aromatic rings. The van der Waals surface area contributed by atoms with Crippen molar-refractivity contribution in [2.75, 3.05) is 6.61 Å². The summed E-state index contributed by atoms with van der Waals surface area (Å²) in [5.41, 5.74) is 5.33. The third kappa shape index (κ3) is 2.92. The van der Waals surface area contributed by atoms with E-state index in [1.165, 1.54) is 0 Å². The van der Waals surface area contributed by atoms with Crippen LogP contribution in [0.3, 0.4) is 0 Å². The summed E-state index contributed by atoms with van der Waals surface area (Å²) >= 11 is 0. The number of nitrogens with zero attached hydrogens (tertiary/aromatic N) is 5. The van der Waals surface area contributed by atoms with Gasteiger partial charge in [0.25, 0.3) is 5.56 Å². The van der Waals surface area contributed by atoms with Crippen LogP contribution in [-0.4, -0.2) is 36.8 Å². The highest BCUT2D eigenvalue weighted by Crippen LogP contribution is 2.29. The van der Waals surface area contributed by atoms with Crippen molar-refractivity contribution < 1.29 is 4.74 Å². The molecule has 1 atom stereocenters. The molecule has 7 nitrogen and oxygen atoms in total. The van der Waals surface area contributed by atoms with Gasteiger partial charge in [0.2, 0.25) is 0 Å². The van der Waals surface area contributed by atoms with Crippen molar-refractivity contribution in [1.29, 1.82) is 0 Å². The normalized spacial score (nSPS) is 16.5. The van der Waals surface area contributed by atoms with Crippen LogP contribution in [0.15, 0.2) is 53.3 Å². The largest absolute Gasteiger partial charge is 0.376 e. The van der Waals surface area contributed by atoms with Gasteiger partial charge in [0.05, 0.1) is 23.7 Å². The average molecular weight is 425 g/mol. The van der Waals surface area contributed by atoms with E-state index < -0.39 is 0 Å². The summed E-state index contributed by atoms with van der Waals surface area (Å²) in [6, 6.07) is 15.9.